The van der Waals surface area contributed by atoms with Crippen molar-refractivity contribution in [3.63, 3.8) is 0 Å². The molecule has 0 unspecified atom stereocenters. The first-order chi connectivity index (χ1) is 8.72. The molecule has 2 aromatic heterocycles. The fraction of sp³-hybridized carbons (Fsp3) is 0.429. The van der Waals surface area contributed by atoms with Gasteiger partial charge in [-0.1, -0.05) is 0 Å². The van der Waals surface area contributed by atoms with E-state index < -0.39 is 0 Å². The maximum absolute atomic E-state index is 4.70. The molecule has 1 saturated heterocycles. The summed E-state index contributed by atoms with van der Waals surface area (Å²) in [5.41, 5.74) is 0.967. The minimum atomic E-state index is 0.500. The average molecular weight is 242 g/mol. The molecular formula is C14H18N4. The lowest BCUT2D eigenvalue weighted by atomic mass is 10.1. The van der Waals surface area contributed by atoms with Crippen molar-refractivity contribution in [3.8, 4) is 0 Å². The molecule has 1 aliphatic rings. The molecule has 0 amide bonds. The maximum atomic E-state index is 4.70. The van der Waals surface area contributed by atoms with Crippen LogP contribution in [-0.2, 0) is 0 Å². The molecule has 4 nitrogen and oxygen atoms in total. The summed E-state index contributed by atoms with van der Waals surface area (Å²) in [5.74, 6) is 1.05. The summed E-state index contributed by atoms with van der Waals surface area (Å²) in [6.45, 7) is 6.43. The van der Waals surface area contributed by atoms with E-state index in [9.17, 15) is 0 Å². The largest absolute Gasteiger partial charge is 0.353 e. The summed E-state index contributed by atoms with van der Waals surface area (Å²) in [7, 11) is 0. The number of piperazine rings is 1. The van der Waals surface area contributed by atoms with E-state index in [0.717, 1.165) is 29.8 Å². The number of pyridine rings is 2. The van der Waals surface area contributed by atoms with Gasteiger partial charge in [-0.05, 0) is 32.0 Å². The molecule has 0 aromatic carbocycles. The normalized spacial score (nSPS) is 24.4. The first kappa shape index (κ1) is 11.4. The number of anilines is 1. The van der Waals surface area contributed by atoms with Gasteiger partial charge in [-0.3, -0.25) is 4.98 Å². The molecule has 0 radical (unpaired) electrons. The molecule has 3 heterocycles. The number of aromatic nitrogens is 2. The fourth-order valence-electron chi connectivity index (χ4n) is 2.65. The maximum Gasteiger partial charge on any atom is 0.129 e. The van der Waals surface area contributed by atoms with Gasteiger partial charge in [-0.15, -0.1) is 0 Å². The third-order valence-electron chi connectivity index (χ3n) is 3.36. The summed E-state index contributed by atoms with van der Waals surface area (Å²) < 4.78 is 0. The van der Waals surface area contributed by atoms with Crippen molar-refractivity contribution in [2.24, 2.45) is 0 Å². The minimum Gasteiger partial charge on any atom is -0.353 e. The predicted molar refractivity (Wildman–Crippen MR) is 73.8 cm³/mol. The van der Waals surface area contributed by atoms with Gasteiger partial charge in [-0.2, -0.15) is 0 Å². The van der Waals surface area contributed by atoms with Crippen molar-refractivity contribution < 1.29 is 0 Å². The van der Waals surface area contributed by atoms with Crippen molar-refractivity contribution in [2.75, 3.05) is 18.0 Å². The molecule has 3 rings (SSSR count). The molecule has 2 atom stereocenters. The summed E-state index contributed by atoms with van der Waals surface area (Å²) in [5, 5.41) is 4.68. The van der Waals surface area contributed by atoms with Gasteiger partial charge in [0, 0.05) is 36.8 Å². The Morgan fingerprint density at radius 2 is 1.94 bits per heavy atom. The lowest BCUT2D eigenvalue weighted by molar-refractivity contribution is 0.405. The number of nitrogens with one attached hydrogen (secondary N) is 1. The summed E-state index contributed by atoms with van der Waals surface area (Å²) >= 11 is 0. The highest BCUT2D eigenvalue weighted by Gasteiger charge is 2.21. The monoisotopic (exact) mass is 242 g/mol. The van der Waals surface area contributed by atoms with Crippen LogP contribution in [0, 0.1) is 0 Å². The van der Waals surface area contributed by atoms with Crippen molar-refractivity contribution in [1.29, 1.82) is 0 Å². The zero-order chi connectivity index (χ0) is 12.5. The zero-order valence-electron chi connectivity index (χ0n) is 10.8. The first-order valence-corrected chi connectivity index (χ1v) is 6.44. The molecular weight excluding hydrogens is 224 g/mol. The minimum absolute atomic E-state index is 0.500. The lowest BCUT2D eigenvalue weighted by Gasteiger charge is -2.36. The van der Waals surface area contributed by atoms with Crippen molar-refractivity contribution in [2.45, 2.75) is 25.9 Å². The van der Waals surface area contributed by atoms with E-state index in [1.54, 1.807) is 6.20 Å². The first-order valence-electron chi connectivity index (χ1n) is 6.44. The van der Waals surface area contributed by atoms with Crippen LogP contribution in [0.3, 0.4) is 0 Å². The van der Waals surface area contributed by atoms with Gasteiger partial charge < -0.3 is 10.2 Å². The Labute approximate surface area is 107 Å². The number of fused-ring (bicyclic) bond motifs is 1. The SMILES string of the molecule is C[C@@H]1CN(c2ccc3ccncc3n2)C[C@H](C)N1. The van der Waals surface area contributed by atoms with E-state index in [0.29, 0.717) is 12.1 Å². The molecule has 0 spiro atoms. The van der Waals surface area contributed by atoms with Crippen LogP contribution in [0.15, 0.2) is 30.6 Å². The van der Waals surface area contributed by atoms with Crippen LogP contribution in [0.5, 0.6) is 0 Å². The molecule has 2 aromatic rings. The Morgan fingerprint density at radius 3 is 2.72 bits per heavy atom. The lowest BCUT2D eigenvalue weighted by Crippen LogP contribution is -2.54. The van der Waals surface area contributed by atoms with Gasteiger partial charge in [0.15, 0.2) is 0 Å². The molecule has 0 aliphatic carbocycles. The number of hydrogen-bond donors (Lipinski definition) is 1. The Hall–Kier alpha value is -1.68. The number of nitrogens with zero attached hydrogens (tertiary/aromatic N) is 3. The second kappa shape index (κ2) is 4.53. The van der Waals surface area contributed by atoms with E-state index in [4.69, 9.17) is 4.98 Å². The Bertz CT molecular complexity index is 544. The average Bonchev–Trinajstić information content (AvgIpc) is 2.37. The van der Waals surface area contributed by atoms with E-state index in [-0.39, 0.29) is 0 Å². The van der Waals surface area contributed by atoms with Gasteiger partial charge >= 0.3 is 0 Å². The Morgan fingerprint density at radius 1 is 1.17 bits per heavy atom. The van der Waals surface area contributed by atoms with Gasteiger partial charge in [0.1, 0.15) is 5.82 Å². The highest BCUT2D eigenvalue weighted by atomic mass is 15.3. The molecule has 4 heteroatoms. The van der Waals surface area contributed by atoms with E-state index in [1.807, 2.05) is 12.3 Å². The van der Waals surface area contributed by atoms with Crippen LogP contribution < -0.4 is 10.2 Å². The quantitative estimate of drug-likeness (QED) is 0.828. The molecule has 18 heavy (non-hydrogen) atoms. The van der Waals surface area contributed by atoms with Crippen LogP contribution in [0.25, 0.3) is 10.9 Å². The van der Waals surface area contributed by atoms with Gasteiger partial charge in [0.2, 0.25) is 0 Å². The highest BCUT2D eigenvalue weighted by Crippen LogP contribution is 2.19. The third-order valence-corrected chi connectivity index (χ3v) is 3.36. The zero-order valence-corrected chi connectivity index (χ0v) is 10.8. The molecule has 1 N–H and O–H groups in total. The summed E-state index contributed by atoms with van der Waals surface area (Å²) in [4.78, 5) is 11.2. The highest BCUT2D eigenvalue weighted by molar-refractivity contribution is 5.79. The van der Waals surface area contributed by atoms with Gasteiger partial charge in [-0.25, -0.2) is 4.98 Å². The van der Waals surface area contributed by atoms with Crippen LogP contribution in [0.4, 0.5) is 5.82 Å². The van der Waals surface area contributed by atoms with Crippen LogP contribution in [0.1, 0.15) is 13.8 Å². The Kier molecular flexibility index (Phi) is 2.88. The van der Waals surface area contributed by atoms with Crippen LogP contribution in [0.2, 0.25) is 0 Å². The topological polar surface area (TPSA) is 41.1 Å². The Balaban J connectivity index is 1.93. The fourth-order valence-corrected chi connectivity index (χ4v) is 2.65. The number of rotatable bonds is 1. The van der Waals surface area contributed by atoms with Crippen molar-refractivity contribution >= 4 is 16.7 Å². The van der Waals surface area contributed by atoms with Crippen LogP contribution >= 0.6 is 0 Å². The predicted octanol–water partition coefficient (Wildman–Crippen LogP) is 1.82. The smallest absolute Gasteiger partial charge is 0.129 e. The van der Waals surface area contributed by atoms with Crippen molar-refractivity contribution in [1.82, 2.24) is 15.3 Å². The van der Waals surface area contributed by atoms with Gasteiger partial charge in [0.05, 0.1) is 11.7 Å². The molecule has 1 aliphatic heterocycles. The summed E-state index contributed by atoms with van der Waals surface area (Å²) in [6, 6.07) is 7.22. The third kappa shape index (κ3) is 2.16. The second-order valence-electron chi connectivity index (χ2n) is 5.11. The van der Waals surface area contributed by atoms with E-state index >= 15 is 0 Å². The molecule has 0 bridgehead atoms. The molecule has 94 valence electrons. The second-order valence-corrected chi connectivity index (χ2v) is 5.11. The standard InChI is InChI=1S/C14H18N4/c1-10-8-18(9-11(2)16-10)14-4-3-12-5-6-15-7-13(12)17-14/h3-7,10-11,16H,8-9H2,1-2H3/t10-,11+. The van der Waals surface area contributed by atoms with E-state index in [2.05, 4.69) is 41.2 Å². The molecule has 1 fully saturated rings. The van der Waals surface area contributed by atoms with Gasteiger partial charge in [0.25, 0.3) is 0 Å². The van der Waals surface area contributed by atoms with Crippen molar-refractivity contribution in [3.05, 3.63) is 30.6 Å². The molecule has 0 saturated carbocycles. The van der Waals surface area contributed by atoms with E-state index in [1.165, 1.54) is 0 Å². The number of hydrogen-bond acceptors (Lipinski definition) is 4. The van der Waals surface area contributed by atoms with Crippen LogP contribution in [-0.4, -0.2) is 35.1 Å². The summed E-state index contributed by atoms with van der Waals surface area (Å²) in [6.07, 6.45) is 3.63.